The molecule has 2 heteroatoms. The first-order valence-corrected chi connectivity index (χ1v) is 7.19. The topological polar surface area (TPSA) is 15.3 Å². The number of rotatable bonds is 5. The van der Waals surface area contributed by atoms with Gasteiger partial charge in [-0.15, -0.1) is 0 Å². The largest absolute Gasteiger partial charge is 0.311 e. The van der Waals surface area contributed by atoms with Crippen LogP contribution in [-0.4, -0.2) is 36.6 Å². The van der Waals surface area contributed by atoms with Crippen LogP contribution in [0.2, 0.25) is 0 Å². The third-order valence-corrected chi connectivity index (χ3v) is 4.07. The van der Waals surface area contributed by atoms with Crippen LogP contribution in [0.25, 0.3) is 0 Å². The van der Waals surface area contributed by atoms with E-state index in [9.17, 15) is 0 Å². The van der Waals surface area contributed by atoms with E-state index in [0.29, 0.717) is 12.1 Å². The molecule has 0 aromatic carbocycles. The molecule has 1 fully saturated rings. The molecule has 0 aromatic rings. The Kier molecular flexibility index (Phi) is 6.21. The van der Waals surface area contributed by atoms with E-state index in [1.165, 1.54) is 25.0 Å². The lowest BCUT2D eigenvalue weighted by molar-refractivity contribution is 0.102. The molecule has 0 radical (unpaired) electrons. The van der Waals surface area contributed by atoms with E-state index in [4.69, 9.17) is 0 Å². The molecule has 1 N–H and O–H groups in total. The van der Waals surface area contributed by atoms with Gasteiger partial charge >= 0.3 is 0 Å². The van der Waals surface area contributed by atoms with Crippen molar-refractivity contribution in [2.75, 3.05) is 19.6 Å². The summed E-state index contributed by atoms with van der Waals surface area (Å²) >= 11 is 0. The smallest absolute Gasteiger partial charge is 0.0250 e. The molecule has 1 heterocycles. The average molecular weight is 238 g/mol. The number of nitrogens with zero attached hydrogens (tertiary/aromatic N) is 1. The van der Waals surface area contributed by atoms with Crippen LogP contribution in [-0.2, 0) is 0 Å². The summed E-state index contributed by atoms with van der Waals surface area (Å²) in [6.07, 6.45) is 4.88. The van der Waals surface area contributed by atoms with Gasteiger partial charge in [0.2, 0.25) is 0 Å². The Morgan fingerprint density at radius 1 is 1.41 bits per heavy atom. The molecular formula is C15H30N2. The second kappa shape index (κ2) is 7.17. The molecule has 1 saturated heterocycles. The monoisotopic (exact) mass is 238 g/mol. The van der Waals surface area contributed by atoms with Gasteiger partial charge in [0.15, 0.2) is 0 Å². The Hall–Kier alpha value is -0.340. The van der Waals surface area contributed by atoms with Gasteiger partial charge in [-0.3, -0.25) is 4.90 Å². The van der Waals surface area contributed by atoms with E-state index in [1.54, 1.807) is 0 Å². The predicted octanol–water partition coefficient (Wildman–Crippen LogP) is 3.05. The Morgan fingerprint density at radius 3 is 2.65 bits per heavy atom. The lowest BCUT2D eigenvalue weighted by Gasteiger charge is -2.42. The van der Waals surface area contributed by atoms with Crippen LogP contribution in [0.4, 0.5) is 0 Å². The zero-order chi connectivity index (χ0) is 12.8. The molecule has 0 spiro atoms. The SMILES string of the molecule is CCC1CN(CC=C(C)C)C(C(C)CC)CN1. The summed E-state index contributed by atoms with van der Waals surface area (Å²) in [6.45, 7) is 14.8. The first kappa shape index (κ1) is 14.7. The minimum absolute atomic E-state index is 0.681. The van der Waals surface area contributed by atoms with E-state index in [1.807, 2.05) is 0 Å². The Bertz CT molecular complexity index is 243. The maximum atomic E-state index is 3.69. The minimum atomic E-state index is 0.681. The molecule has 1 aliphatic heterocycles. The molecule has 2 nitrogen and oxygen atoms in total. The van der Waals surface area contributed by atoms with Crippen molar-refractivity contribution in [1.82, 2.24) is 10.2 Å². The van der Waals surface area contributed by atoms with E-state index in [2.05, 4.69) is 50.9 Å². The van der Waals surface area contributed by atoms with Crippen LogP contribution in [0.5, 0.6) is 0 Å². The fraction of sp³-hybridized carbons (Fsp3) is 0.867. The average Bonchev–Trinajstić information content (AvgIpc) is 2.34. The number of hydrogen-bond donors (Lipinski definition) is 1. The van der Waals surface area contributed by atoms with Crippen molar-refractivity contribution in [2.45, 2.75) is 59.5 Å². The molecule has 17 heavy (non-hydrogen) atoms. The molecule has 0 aromatic heterocycles. The fourth-order valence-corrected chi connectivity index (χ4v) is 2.52. The van der Waals surface area contributed by atoms with Crippen LogP contribution >= 0.6 is 0 Å². The lowest BCUT2D eigenvalue weighted by Crippen LogP contribution is -2.58. The first-order chi connectivity index (χ1) is 8.08. The van der Waals surface area contributed by atoms with Gasteiger partial charge in [0.1, 0.15) is 0 Å². The number of nitrogens with one attached hydrogen (secondary N) is 1. The van der Waals surface area contributed by atoms with Crippen molar-refractivity contribution in [3.05, 3.63) is 11.6 Å². The second-order valence-electron chi connectivity index (χ2n) is 5.70. The molecule has 0 bridgehead atoms. The van der Waals surface area contributed by atoms with Gasteiger partial charge in [-0.1, -0.05) is 38.8 Å². The van der Waals surface area contributed by atoms with Crippen LogP contribution in [0.15, 0.2) is 11.6 Å². The van der Waals surface area contributed by atoms with Gasteiger partial charge in [-0.25, -0.2) is 0 Å². The van der Waals surface area contributed by atoms with Gasteiger partial charge in [0, 0.05) is 31.7 Å². The van der Waals surface area contributed by atoms with Gasteiger partial charge in [-0.2, -0.15) is 0 Å². The van der Waals surface area contributed by atoms with Crippen molar-refractivity contribution in [3.63, 3.8) is 0 Å². The molecule has 1 aliphatic rings. The summed E-state index contributed by atoms with van der Waals surface area (Å²) in [7, 11) is 0. The highest BCUT2D eigenvalue weighted by atomic mass is 15.2. The van der Waals surface area contributed by atoms with Gasteiger partial charge < -0.3 is 5.32 Å². The fourth-order valence-electron chi connectivity index (χ4n) is 2.52. The quantitative estimate of drug-likeness (QED) is 0.741. The minimum Gasteiger partial charge on any atom is -0.311 e. The van der Waals surface area contributed by atoms with Gasteiger partial charge in [-0.05, 0) is 26.2 Å². The number of piperazine rings is 1. The molecular weight excluding hydrogens is 208 g/mol. The molecule has 0 saturated carbocycles. The summed E-state index contributed by atoms with van der Waals surface area (Å²) in [5.41, 5.74) is 1.43. The van der Waals surface area contributed by atoms with Crippen molar-refractivity contribution >= 4 is 0 Å². The maximum absolute atomic E-state index is 3.69. The van der Waals surface area contributed by atoms with Crippen molar-refractivity contribution in [1.29, 1.82) is 0 Å². The Morgan fingerprint density at radius 2 is 2.12 bits per heavy atom. The molecule has 3 unspecified atom stereocenters. The summed E-state index contributed by atoms with van der Waals surface area (Å²) in [4.78, 5) is 2.67. The number of allylic oxidation sites excluding steroid dienone is 1. The highest BCUT2D eigenvalue weighted by molar-refractivity contribution is 4.98. The van der Waals surface area contributed by atoms with Crippen LogP contribution in [0.3, 0.4) is 0 Å². The van der Waals surface area contributed by atoms with E-state index in [0.717, 1.165) is 19.0 Å². The first-order valence-electron chi connectivity index (χ1n) is 7.19. The Labute approximate surface area is 107 Å². The van der Waals surface area contributed by atoms with Crippen LogP contribution < -0.4 is 5.32 Å². The van der Waals surface area contributed by atoms with Crippen LogP contribution in [0.1, 0.15) is 47.5 Å². The molecule has 3 atom stereocenters. The second-order valence-corrected chi connectivity index (χ2v) is 5.70. The number of hydrogen-bond acceptors (Lipinski definition) is 2. The lowest BCUT2D eigenvalue weighted by atomic mass is 9.94. The summed E-state index contributed by atoms with van der Waals surface area (Å²) in [5, 5.41) is 3.69. The standard InChI is InChI=1S/C15H30N2/c1-6-13(5)15-10-16-14(7-2)11-17(15)9-8-12(3)4/h8,13-16H,6-7,9-11H2,1-5H3. The normalized spacial score (nSPS) is 27.8. The molecule has 0 aliphatic carbocycles. The maximum Gasteiger partial charge on any atom is 0.0250 e. The van der Waals surface area contributed by atoms with Crippen molar-refractivity contribution in [2.24, 2.45) is 5.92 Å². The highest BCUT2D eigenvalue weighted by Gasteiger charge is 2.29. The van der Waals surface area contributed by atoms with Crippen LogP contribution in [0, 0.1) is 5.92 Å². The molecule has 100 valence electrons. The van der Waals surface area contributed by atoms with E-state index < -0.39 is 0 Å². The van der Waals surface area contributed by atoms with E-state index in [-0.39, 0.29) is 0 Å². The highest BCUT2D eigenvalue weighted by Crippen LogP contribution is 2.19. The summed E-state index contributed by atoms with van der Waals surface area (Å²) in [5.74, 6) is 0.783. The van der Waals surface area contributed by atoms with Crippen molar-refractivity contribution in [3.8, 4) is 0 Å². The zero-order valence-electron chi connectivity index (χ0n) is 12.3. The zero-order valence-corrected chi connectivity index (χ0v) is 12.3. The van der Waals surface area contributed by atoms with E-state index >= 15 is 0 Å². The predicted molar refractivity (Wildman–Crippen MR) is 76.3 cm³/mol. The van der Waals surface area contributed by atoms with Gasteiger partial charge in [0.05, 0.1) is 0 Å². The Balaban J connectivity index is 2.64. The third kappa shape index (κ3) is 4.44. The van der Waals surface area contributed by atoms with Crippen molar-refractivity contribution < 1.29 is 0 Å². The molecule has 1 rings (SSSR count). The summed E-state index contributed by atoms with van der Waals surface area (Å²) < 4.78 is 0. The van der Waals surface area contributed by atoms with Gasteiger partial charge in [0.25, 0.3) is 0 Å². The summed E-state index contributed by atoms with van der Waals surface area (Å²) in [6, 6.07) is 1.39. The third-order valence-electron chi connectivity index (χ3n) is 4.07. The molecule has 0 amide bonds.